The molecule has 1 amide bonds. The smallest absolute Gasteiger partial charge is 0.257 e. The molecule has 1 N–H and O–H groups in total. The number of nitrogens with one attached hydrogen (secondary N) is 1. The maximum atomic E-state index is 12.6. The number of piperidine rings is 1. The van der Waals surface area contributed by atoms with E-state index in [2.05, 4.69) is 26.0 Å². The highest BCUT2D eigenvalue weighted by Crippen LogP contribution is 2.29. The Morgan fingerprint density at radius 2 is 2.12 bits per heavy atom. The molecule has 1 fully saturated rings. The number of carbonyl (C=O) groups excluding carboxylic acids is 1. The number of hydrogen-bond donors (Lipinski definition) is 1. The topological polar surface area (TPSA) is 74.8 Å². The largest absolute Gasteiger partial charge is 0.357 e. The number of aromatic amines is 1. The highest BCUT2D eigenvalue weighted by molar-refractivity contribution is 5.95. The van der Waals surface area contributed by atoms with Crippen LogP contribution < -0.4 is 0 Å². The number of nitrogens with zero attached hydrogens (tertiary/aromatic N) is 4. The Hall–Kier alpha value is -2.76. The summed E-state index contributed by atoms with van der Waals surface area (Å²) in [6.45, 7) is 3.35. The van der Waals surface area contributed by atoms with Gasteiger partial charge in [0.25, 0.3) is 5.91 Å². The quantitative estimate of drug-likeness (QED) is 0.787. The molecule has 6 nitrogen and oxygen atoms in total. The van der Waals surface area contributed by atoms with Crippen LogP contribution in [0, 0.1) is 6.92 Å². The van der Waals surface area contributed by atoms with Crippen LogP contribution in [0.5, 0.6) is 0 Å². The Bertz CT molecular complexity index is 847. The molecule has 0 bridgehead atoms. The van der Waals surface area contributed by atoms with E-state index >= 15 is 0 Å². The standard InChI is InChI=1S/C18H19N5O/c1-12-14(10-19-11-21-12)18(24)23-7-4-13(5-8-23)16-9-17-15(22-16)3-2-6-20-17/h2-3,6,9-11,13,22H,4-5,7-8H2,1H3. The third-order valence-electron chi connectivity index (χ3n) is 4.77. The third-order valence-corrected chi connectivity index (χ3v) is 4.77. The van der Waals surface area contributed by atoms with Crippen molar-refractivity contribution < 1.29 is 4.79 Å². The number of hydrogen-bond acceptors (Lipinski definition) is 4. The number of aryl methyl sites for hydroxylation is 1. The Kier molecular flexibility index (Phi) is 3.72. The van der Waals surface area contributed by atoms with E-state index in [9.17, 15) is 4.79 Å². The molecule has 122 valence electrons. The van der Waals surface area contributed by atoms with Gasteiger partial charge in [0.15, 0.2) is 0 Å². The van der Waals surface area contributed by atoms with Crippen molar-refractivity contribution in [2.75, 3.05) is 13.1 Å². The summed E-state index contributed by atoms with van der Waals surface area (Å²) in [4.78, 5) is 30.5. The zero-order valence-electron chi connectivity index (χ0n) is 13.6. The van der Waals surface area contributed by atoms with Crippen molar-refractivity contribution in [3.05, 3.63) is 53.9 Å². The van der Waals surface area contributed by atoms with Gasteiger partial charge in [-0.3, -0.25) is 9.78 Å². The van der Waals surface area contributed by atoms with Crippen LogP contribution in [0.1, 0.15) is 40.5 Å². The maximum Gasteiger partial charge on any atom is 0.257 e. The van der Waals surface area contributed by atoms with E-state index in [1.54, 1.807) is 6.20 Å². The number of likely N-dealkylation sites (tertiary alicyclic amines) is 1. The third kappa shape index (κ3) is 2.64. The van der Waals surface area contributed by atoms with Crippen LogP contribution in [-0.2, 0) is 0 Å². The van der Waals surface area contributed by atoms with Gasteiger partial charge < -0.3 is 9.88 Å². The molecule has 1 saturated heterocycles. The summed E-state index contributed by atoms with van der Waals surface area (Å²) in [6, 6.07) is 6.11. The lowest BCUT2D eigenvalue weighted by atomic mass is 9.93. The number of pyridine rings is 1. The molecule has 0 aromatic carbocycles. The summed E-state index contributed by atoms with van der Waals surface area (Å²) >= 11 is 0. The van der Waals surface area contributed by atoms with Gasteiger partial charge in [-0.05, 0) is 38.0 Å². The zero-order valence-corrected chi connectivity index (χ0v) is 13.6. The van der Waals surface area contributed by atoms with E-state index in [4.69, 9.17) is 0 Å². The van der Waals surface area contributed by atoms with Crippen molar-refractivity contribution in [2.45, 2.75) is 25.7 Å². The number of H-pyrrole nitrogens is 1. The number of carbonyl (C=O) groups is 1. The van der Waals surface area contributed by atoms with E-state index in [0.717, 1.165) is 42.7 Å². The fraction of sp³-hybridized carbons (Fsp3) is 0.333. The first-order valence-corrected chi connectivity index (χ1v) is 8.22. The Morgan fingerprint density at radius 3 is 2.88 bits per heavy atom. The average molecular weight is 321 g/mol. The van der Waals surface area contributed by atoms with E-state index in [1.807, 2.05) is 30.2 Å². The summed E-state index contributed by atoms with van der Waals surface area (Å²) in [5.41, 5.74) is 4.63. The molecule has 4 rings (SSSR count). The molecule has 24 heavy (non-hydrogen) atoms. The van der Waals surface area contributed by atoms with Gasteiger partial charge in [-0.25, -0.2) is 9.97 Å². The van der Waals surface area contributed by atoms with Crippen molar-refractivity contribution in [1.29, 1.82) is 0 Å². The first kappa shape index (κ1) is 14.8. The number of rotatable bonds is 2. The molecule has 1 aliphatic heterocycles. The molecule has 0 saturated carbocycles. The molecule has 6 heteroatoms. The van der Waals surface area contributed by atoms with Crippen LogP contribution in [0.25, 0.3) is 11.0 Å². The van der Waals surface area contributed by atoms with Crippen molar-refractivity contribution in [2.24, 2.45) is 0 Å². The van der Waals surface area contributed by atoms with E-state index < -0.39 is 0 Å². The summed E-state index contributed by atoms with van der Waals surface area (Å²) in [6.07, 6.45) is 6.80. The second-order valence-corrected chi connectivity index (χ2v) is 6.25. The van der Waals surface area contributed by atoms with Crippen molar-refractivity contribution in [3.8, 4) is 0 Å². The Labute approximate surface area is 140 Å². The second-order valence-electron chi connectivity index (χ2n) is 6.25. The number of aromatic nitrogens is 4. The molecule has 4 heterocycles. The normalized spacial score (nSPS) is 15.8. The van der Waals surface area contributed by atoms with E-state index in [0.29, 0.717) is 11.5 Å². The van der Waals surface area contributed by atoms with Crippen molar-refractivity contribution in [1.82, 2.24) is 24.8 Å². The van der Waals surface area contributed by atoms with Gasteiger partial charge in [-0.2, -0.15) is 0 Å². The van der Waals surface area contributed by atoms with Crippen LogP contribution in [0.4, 0.5) is 0 Å². The molecule has 1 aliphatic rings. The summed E-state index contributed by atoms with van der Waals surface area (Å²) in [7, 11) is 0. The summed E-state index contributed by atoms with van der Waals surface area (Å²) in [5, 5.41) is 0. The lowest BCUT2D eigenvalue weighted by Gasteiger charge is -2.31. The Balaban J connectivity index is 1.47. The molecule has 0 radical (unpaired) electrons. The van der Waals surface area contributed by atoms with Crippen LogP contribution in [-0.4, -0.2) is 43.8 Å². The Morgan fingerprint density at radius 1 is 1.29 bits per heavy atom. The minimum atomic E-state index is 0.0323. The highest BCUT2D eigenvalue weighted by atomic mass is 16.2. The van der Waals surface area contributed by atoms with Crippen LogP contribution >= 0.6 is 0 Å². The van der Waals surface area contributed by atoms with Crippen LogP contribution in [0.2, 0.25) is 0 Å². The minimum absolute atomic E-state index is 0.0323. The first-order valence-electron chi connectivity index (χ1n) is 8.22. The average Bonchev–Trinajstić information content (AvgIpc) is 3.06. The van der Waals surface area contributed by atoms with Crippen LogP contribution in [0.15, 0.2) is 36.9 Å². The molecule has 0 spiro atoms. The molecular weight excluding hydrogens is 302 g/mol. The van der Waals surface area contributed by atoms with Gasteiger partial charge in [-0.15, -0.1) is 0 Å². The van der Waals surface area contributed by atoms with Crippen LogP contribution in [0.3, 0.4) is 0 Å². The second kappa shape index (κ2) is 6.03. The SMILES string of the molecule is Cc1ncncc1C(=O)N1CCC(c2cc3ncccc3[nH]2)CC1. The van der Waals surface area contributed by atoms with Gasteiger partial charge in [0, 0.05) is 37.1 Å². The predicted molar refractivity (Wildman–Crippen MR) is 90.7 cm³/mol. The van der Waals surface area contributed by atoms with Gasteiger partial charge in [-0.1, -0.05) is 0 Å². The van der Waals surface area contributed by atoms with Gasteiger partial charge in [0.05, 0.1) is 22.3 Å². The van der Waals surface area contributed by atoms with Gasteiger partial charge in [0.1, 0.15) is 6.33 Å². The van der Waals surface area contributed by atoms with Crippen molar-refractivity contribution in [3.63, 3.8) is 0 Å². The molecule has 0 aliphatic carbocycles. The molecule has 3 aromatic rings. The van der Waals surface area contributed by atoms with E-state index in [-0.39, 0.29) is 5.91 Å². The molecule has 0 unspecified atom stereocenters. The molecule has 3 aromatic heterocycles. The predicted octanol–water partition coefficient (Wildman–Crippen LogP) is 2.68. The summed E-state index contributed by atoms with van der Waals surface area (Å²) in [5.74, 6) is 0.473. The number of fused-ring (bicyclic) bond motifs is 1. The lowest BCUT2D eigenvalue weighted by molar-refractivity contribution is 0.0710. The minimum Gasteiger partial charge on any atom is -0.357 e. The van der Waals surface area contributed by atoms with Gasteiger partial charge >= 0.3 is 0 Å². The first-order chi connectivity index (χ1) is 11.7. The highest BCUT2D eigenvalue weighted by Gasteiger charge is 2.26. The monoisotopic (exact) mass is 321 g/mol. The van der Waals surface area contributed by atoms with Crippen molar-refractivity contribution >= 4 is 16.9 Å². The fourth-order valence-electron chi connectivity index (χ4n) is 3.36. The number of amides is 1. The zero-order chi connectivity index (χ0) is 16.5. The molecular formula is C18H19N5O. The molecule has 0 atom stereocenters. The van der Waals surface area contributed by atoms with Gasteiger partial charge in [0.2, 0.25) is 0 Å². The maximum absolute atomic E-state index is 12.6. The lowest BCUT2D eigenvalue weighted by Crippen LogP contribution is -2.38. The van der Waals surface area contributed by atoms with E-state index in [1.165, 1.54) is 12.0 Å². The summed E-state index contributed by atoms with van der Waals surface area (Å²) < 4.78 is 0. The fourth-order valence-corrected chi connectivity index (χ4v) is 3.36.